The summed E-state index contributed by atoms with van der Waals surface area (Å²) in [5.41, 5.74) is 7.87. The van der Waals surface area contributed by atoms with Crippen LogP contribution in [-0.4, -0.2) is 35.0 Å². The second-order valence-electron chi connectivity index (χ2n) is 5.13. The van der Waals surface area contributed by atoms with Crippen LogP contribution in [0.1, 0.15) is 25.3 Å². The van der Waals surface area contributed by atoms with E-state index in [1.54, 1.807) is 25.1 Å². The number of imide groups is 1. The molecule has 2 rings (SSSR count). The number of carbonyl (C=O) groups excluding carboxylic acids is 3. The van der Waals surface area contributed by atoms with Crippen LogP contribution in [0, 0.1) is 6.92 Å². The van der Waals surface area contributed by atoms with Gasteiger partial charge in [0.1, 0.15) is 11.9 Å². The molecule has 0 spiro atoms. The number of aliphatic imine (C=N–C) groups is 1. The van der Waals surface area contributed by atoms with Gasteiger partial charge < -0.3 is 5.73 Å². The molecule has 3 N–H and O–H groups in total. The van der Waals surface area contributed by atoms with Crippen LogP contribution in [0.15, 0.2) is 23.2 Å². The first-order valence-electron chi connectivity index (χ1n) is 6.91. The molecule has 1 aromatic carbocycles. The number of piperidine rings is 1. The lowest BCUT2D eigenvalue weighted by Gasteiger charge is -2.29. The highest BCUT2D eigenvalue weighted by Crippen LogP contribution is 2.24. The van der Waals surface area contributed by atoms with Crippen molar-refractivity contribution in [2.24, 2.45) is 4.99 Å². The fraction of sp³-hybridized carbons (Fsp3) is 0.333. The molecule has 1 aliphatic rings. The minimum atomic E-state index is -0.722. The van der Waals surface area contributed by atoms with Crippen molar-refractivity contribution in [2.45, 2.75) is 32.7 Å². The number of hydrogen-bond acceptors (Lipinski definition) is 5. The Morgan fingerprint density at radius 3 is 2.82 bits per heavy atom. The molecule has 0 saturated carbocycles. The summed E-state index contributed by atoms with van der Waals surface area (Å²) in [6.45, 7) is 3.47. The Kier molecular flexibility index (Phi) is 4.55. The van der Waals surface area contributed by atoms with E-state index in [9.17, 15) is 14.4 Å². The molecule has 1 saturated heterocycles. The Balaban J connectivity index is 2.28. The molecule has 22 heavy (non-hydrogen) atoms. The van der Waals surface area contributed by atoms with E-state index < -0.39 is 11.9 Å². The Labute approximate surface area is 128 Å². The first-order valence-corrected chi connectivity index (χ1v) is 6.91. The van der Waals surface area contributed by atoms with Gasteiger partial charge in [-0.05, 0) is 38.0 Å². The third-order valence-electron chi connectivity index (χ3n) is 3.66. The monoisotopic (exact) mass is 302 g/mol. The van der Waals surface area contributed by atoms with Gasteiger partial charge in [-0.3, -0.25) is 24.6 Å². The number of hydrogen-bond donors (Lipinski definition) is 2. The fourth-order valence-electron chi connectivity index (χ4n) is 2.32. The molecule has 7 nitrogen and oxygen atoms in total. The van der Waals surface area contributed by atoms with Crippen LogP contribution in [-0.2, 0) is 14.4 Å². The van der Waals surface area contributed by atoms with Crippen molar-refractivity contribution < 1.29 is 14.4 Å². The molecule has 0 radical (unpaired) electrons. The predicted octanol–water partition coefficient (Wildman–Crippen LogP) is 0.891. The zero-order valence-electron chi connectivity index (χ0n) is 12.5. The van der Waals surface area contributed by atoms with Crippen LogP contribution in [0.2, 0.25) is 0 Å². The normalized spacial score (nSPS) is 18.8. The summed E-state index contributed by atoms with van der Waals surface area (Å²) in [6, 6.07) is 4.59. The SMILES string of the molecule is CC(=Nc1cccc(N)c1C)N(C=O)C1CCC(=O)NC1=O. The molecule has 1 atom stereocenters. The second kappa shape index (κ2) is 6.38. The third-order valence-corrected chi connectivity index (χ3v) is 3.66. The molecule has 1 aromatic rings. The molecule has 116 valence electrons. The smallest absolute Gasteiger partial charge is 0.249 e. The first kappa shape index (κ1) is 15.7. The van der Waals surface area contributed by atoms with Gasteiger partial charge in [0.2, 0.25) is 18.2 Å². The third kappa shape index (κ3) is 3.13. The number of nitrogens with two attached hydrogens (primary N) is 1. The summed E-state index contributed by atoms with van der Waals surface area (Å²) in [4.78, 5) is 40.1. The molecule has 1 fully saturated rings. The molecule has 0 bridgehead atoms. The minimum absolute atomic E-state index is 0.200. The van der Waals surface area contributed by atoms with Gasteiger partial charge in [0.25, 0.3) is 0 Å². The van der Waals surface area contributed by atoms with E-state index in [1.807, 2.05) is 6.92 Å². The van der Waals surface area contributed by atoms with E-state index in [0.29, 0.717) is 23.6 Å². The van der Waals surface area contributed by atoms with Gasteiger partial charge in [-0.15, -0.1) is 0 Å². The largest absolute Gasteiger partial charge is 0.398 e. The van der Waals surface area contributed by atoms with E-state index in [0.717, 1.165) is 5.56 Å². The maximum Gasteiger partial charge on any atom is 0.249 e. The molecule has 1 aliphatic heterocycles. The Bertz CT molecular complexity index is 654. The number of benzene rings is 1. The van der Waals surface area contributed by atoms with Crippen molar-refractivity contribution >= 4 is 35.4 Å². The quantitative estimate of drug-likeness (QED) is 0.284. The van der Waals surface area contributed by atoms with Crippen molar-refractivity contribution in [3.63, 3.8) is 0 Å². The van der Waals surface area contributed by atoms with Gasteiger partial charge in [-0.2, -0.15) is 0 Å². The number of carbonyl (C=O) groups is 3. The average molecular weight is 302 g/mol. The van der Waals surface area contributed by atoms with Crippen LogP contribution in [0.4, 0.5) is 11.4 Å². The summed E-state index contributed by atoms with van der Waals surface area (Å²) in [5, 5.41) is 2.23. The van der Waals surface area contributed by atoms with Crippen molar-refractivity contribution in [2.75, 3.05) is 5.73 Å². The molecule has 3 amide bonds. The topological polar surface area (TPSA) is 105 Å². The number of nitrogens with zero attached hydrogens (tertiary/aromatic N) is 2. The van der Waals surface area contributed by atoms with Gasteiger partial charge in [0.15, 0.2) is 0 Å². The van der Waals surface area contributed by atoms with Gasteiger partial charge in [-0.1, -0.05) is 6.07 Å². The van der Waals surface area contributed by atoms with Crippen molar-refractivity contribution in [3.05, 3.63) is 23.8 Å². The maximum absolute atomic E-state index is 11.9. The second-order valence-corrected chi connectivity index (χ2v) is 5.13. The van der Waals surface area contributed by atoms with E-state index in [-0.39, 0.29) is 18.7 Å². The van der Waals surface area contributed by atoms with Crippen LogP contribution < -0.4 is 11.1 Å². The lowest BCUT2D eigenvalue weighted by atomic mass is 10.0. The molecule has 1 unspecified atom stereocenters. The van der Waals surface area contributed by atoms with Gasteiger partial charge in [-0.25, -0.2) is 4.99 Å². The fourth-order valence-corrected chi connectivity index (χ4v) is 2.32. The average Bonchev–Trinajstić information content (AvgIpc) is 2.47. The summed E-state index contributed by atoms with van der Waals surface area (Å²) in [7, 11) is 0. The van der Waals surface area contributed by atoms with E-state index in [1.165, 1.54) is 4.90 Å². The number of nitrogen functional groups attached to an aromatic ring is 1. The first-order chi connectivity index (χ1) is 10.4. The summed E-state index contributed by atoms with van der Waals surface area (Å²) in [5.74, 6) is -0.436. The van der Waals surface area contributed by atoms with Crippen molar-refractivity contribution in [1.29, 1.82) is 0 Å². The number of nitrogens with one attached hydrogen (secondary N) is 1. The number of anilines is 1. The Hall–Kier alpha value is -2.70. The summed E-state index contributed by atoms with van der Waals surface area (Å²) in [6.07, 6.45) is 1.04. The number of rotatable bonds is 3. The van der Waals surface area contributed by atoms with E-state index in [2.05, 4.69) is 10.3 Å². The molecule has 0 aromatic heterocycles. The molecular formula is C15H18N4O3. The molecule has 1 heterocycles. The van der Waals surface area contributed by atoms with E-state index >= 15 is 0 Å². The highest BCUT2D eigenvalue weighted by molar-refractivity contribution is 6.04. The zero-order chi connectivity index (χ0) is 16.3. The Morgan fingerprint density at radius 1 is 1.45 bits per heavy atom. The van der Waals surface area contributed by atoms with Gasteiger partial charge >= 0.3 is 0 Å². The highest BCUT2D eigenvalue weighted by Gasteiger charge is 2.32. The van der Waals surface area contributed by atoms with Crippen LogP contribution >= 0.6 is 0 Å². The molecule has 0 aliphatic carbocycles. The summed E-state index contributed by atoms with van der Waals surface area (Å²) < 4.78 is 0. The lowest BCUT2D eigenvalue weighted by Crippen LogP contribution is -2.53. The van der Waals surface area contributed by atoms with Crippen LogP contribution in [0.5, 0.6) is 0 Å². The highest BCUT2D eigenvalue weighted by atomic mass is 16.2. The van der Waals surface area contributed by atoms with Crippen LogP contribution in [0.3, 0.4) is 0 Å². The minimum Gasteiger partial charge on any atom is -0.398 e. The standard InChI is InChI=1S/C15H18N4O3/c1-9-11(16)4-3-5-12(9)17-10(2)19(8-20)13-6-7-14(21)18-15(13)22/h3-5,8,13H,6-7,16H2,1-2H3,(H,18,21,22). The predicted molar refractivity (Wildman–Crippen MR) is 82.4 cm³/mol. The van der Waals surface area contributed by atoms with Crippen LogP contribution in [0.25, 0.3) is 0 Å². The number of amides is 3. The Morgan fingerprint density at radius 2 is 2.18 bits per heavy atom. The van der Waals surface area contributed by atoms with Gasteiger partial charge in [0, 0.05) is 12.1 Å². The van der Waals surface area contributed by atoms with Crippen molar-refractivity contribution in [1.82, 2.24) is 10.2 Å². The summed E-state index contributed by atoms with van der Waals surface area (Å²) >= 11 is 0. The molecular weight excluding hydrogens is 284 g/mol. The lowest BCUT2D eigenvalue weighted by molar-refractivity contribution is -0.138. The molecule has 7 heteroatoms. The van der Waals surface area contributed by atoms with E-state index in [4.69, 9.17) is 5.73 Å². The zero-order valence-corrected chi connectivity index (χ0v) is 12.5. The van der Waals surface area contributed by atoms with Crippen molar-refractivity contribution in [3.8, 4) is 0 Å². The maximum atomic E-state index is 11.9. The number of amidine groups is 1. The van der Waals surface area contributed by atoms with Gasteiger partial charge in [0.05, 0.1) is 5.69 Å².